The van der Waals surface area contributed by atoms with E-state index in [4.69, 9.17) is 4.74 Å². The standard InChI is InChI=1S/C11H20F3NO2/c1-3-6-9(10(16)17-4-2)15-8-5-7-11(12,13)14/h9,15H,3-8H2,1-2H3. The minimum atomic E-state index is -4.13. The number of halogens is 3. The summed E-state index contributed by atoms with van der Waals surface area (Å²) >= 11 is 0. The molecule has 6 heteroatoms. The van der Waals surface area contributed by atoms with Gasteiger partial charge in [-0.05, 0) is 26.3 Å². The van der Waals surface area contributed by atoms with Crippen molar-refractivity contribution >= 4 is 5.97 Å². The van der Waals surface area contributed by atoms with E-state index in [9.17, 15) is 18.0 Å². The fourth-order valence-corrected chi connectivity index (χ4v) is 1.40. The summed E-state index contributed by atoms with van der Waals surface area (Å²) in [5.41, 5.74) is 0. The second-order valence-electron chi connectivity index (χ2n) is 3.77. The highest BCUT2D eigenvalue weighted by Crippen LogP contribution is 2.20. The molecule has 0 amide bonds. The predicted octanol–water partition coefficient (Wildman–Crippen LogP) is 2.65. The number of esters is 1. The Morgan fingerprint density at radius 3 is 2.47 bits per heavy atom. The maximum absolute atomic E-state index is 11.9. The van der Waals surface area contributed by atoms with Crippen molar-refractivity contribution in [3.8, 4) is 0 Å². The van der Waals surface area contributed by atoms with Crippen molar-refractivity contribution in [2.24, 2.45) is 0 Å². The summed E-state index contributed by atoms with van der Waals surface area (Å²) in [7, 11) is 0. The molecule has 102 valence electrons. The van der Waals surface area contributed by atoms with Crippen LogP contribution in [-0.4, -0.2) is 31.3 Å². The summed E-state index contributed by atoms with van der Waals surface area (Å²) < 4.78 is 40.5. The van der Waals surface area contributed by atoms with Crippen LogP contribution in [0.3, 0.4) is 0 Å². The number of hydrogen-bond donors (Lipinski definition) is 1. The maximum Gasteiger partial charge on any atom is 0.389 e. The lowest BCUT2D eigenvalue weighted by atomic mass is 10.1. The zero-order valence-electron chi connectivity index (χ0n) is 10.3. The molecule has 0 spiro atoms. The largest absolute Gasteiger partial charge is 0.465 e. The van der Waals surface area contributed by atoms with Gasteiger partial charge in [0.2, 0.25) is 0 Å². The van der Waals surface area contributed by atoms with Gasteiger partial charge in [-0.25, -0.2) is 0 Å². The van der Waals surface area contributed by atoms with E-state index in [0.717, 1.165) is 6.42 Å². The Bertz CT molecular complexity index is 219. The van der Waals surface area contributed by atoms with E-state index < -0.39 is 18.6 Å². The van der Waals surface area contributed by atoms with E-state index in [1.807, 2.05) is 6.92 Å². The van der Waals surface area contributed by atoms with Crippen LogP contribution < -0.4 is 5.32 Å². The van der Waals surface area contributed by atoms with Crippen molar-refractivity contribution in [2.75, 3.05) is 13.2 Å². The molecule has 3 nitrogen and oxygen atoms in total. The van der Waals surface area contributed by atoms with Gasteiger partial charge in [-0.3, -0.25) is 4.79 Å². The first-order valence-corrected chi connectivity index (χ1v) is 5.87. The minimum absolute atomic E-state index is 0.0247. The van der Waals surface area contributed by atoms with Gasteiger partial charge in [-0.15, -0.1) is 0 Å². The van der Waals surface area contributed by atoms with E-state index in [1.165, 1.54) is 0 Å². The van der Waals surface area contributed by atoms with Gasteiger partial charge in [0.15, 0.2) is 0 Å². The van der Waals surface area contributed by atoms with Crippen molar-refractivity contribution in [2.45, 2.75) is 51.7 Å². The highest BCUT2D eigenvalue weighted by Gasteiger charge is 2.26. The van der Waals surface area contributed by atoms with Crippen LogP contribution in [0.4, 0.5) is 13.2 Å². The molecule has 0 heterocycles. The topological polar surface area (TPSA) is 38.3 Å². The highest BCUT2D eigenvalue weighted by atomic mass is 19.4. The van der Waals surface area contributed by atoms with Gasteiger partial charge in [-0.1, -0.05) is 13.3 Å². The van der Waals surface area contributed by atoms with Gasteiger partial charge in [0.25, 0.3) is 0 Å². The fraction of sp³-hybridized carbons (Fsp3) is 0.909. The lowest BCUT2D eigenvalue weighted by Crippen LogP contribution is -2.38. The molecule has 0 rings (SSSR count). The average Bonchev–Trinajstić information content (AvgIpc) is 2.21. The number of carbonyl (C=O) groups is 1. The molecule has 0 saturated heterocycles. The smallest absolute Gasteiger partial charge is 0.389 e. The quantitative estimate of drug-likeness (QED) is 0.535. The van der Waals surface area contributed by atoms with Crippen molar-refractivity contribution < 1.29 is 22.7 Å². The molecular formula is C11H20F3NO2. The molecular weight excluding hydrogens is 235 g/mol. The lowest BCUT2D eigenvalue weighted by molar-refractivity contribution is -0.145. The van der Waals surface area contributed by atoms with E-state index in [2.05, 4.69) is 5.32 Å². The SMILES string of the molecule is CCCC(NCCCC(F)(F)F)C(=O)OCC. The van der Waals surface area contributed by atoms with Crippen LogP contribution in [0.2, 0.25) is 0 Å². The maximum atomic E-state index is 11.9. The zero-order chi connectivity index (χ0) is 13.3. The molecule has 1 unspecified atom stereocenters. The second kappa shape index (κ2) is 8.33. The molecule has 0 aromatic carbocycles. The predicted molar refractivity (Wildman–Crippen MR) is 58.6 cm³/mol. The van der Waals surface area contributed by atoms with Crippen molar-refractivity contribution in [1.82, 2.24) is 5.32 Å². The number of carbonyl (C=O) groups excluding carboxylic acids is 1. The van der Waals surface area contributed by atoms with E-state index >= 15 is 0 Å². The molecule has 1 atom stereocenters. The number of rotatable bonds is 8. The van der Waals surface area contributed by atoms with Gasteiger partial charge in [0, 0.05) is 6.42 Å². The Morgan fingerprint density at radius 2 is 2.00 bits per heavy atom. The Morgan fingerprint density at radius 1 is 1.35 bits per heavy atom. The average molecular weight is 255 g/mol. The Kier molecular flexibility index (Phi) is 7.95. The van der Waals surface area contributed by atoms with Crippen molar-refractivity contribution in [3.63, 3.8) is 0 Å². The van der Waals surface area contributed by atoms with E-state index in [0.29, 0.717) is 6.42 Å². The molecule has 0 aromatic heterocycles. The molecule has 0 radical (unpaired) electrons. The zero-order valence-corrected chi connectivity index (χ0v) is 10.3. The molecule has 17 heavy (non-hydrogen) atoms. The molecule has 0 aliphatic rings. The molecule has 0 aliphatic heterocycles. The van der Waals surface area contributed by atoms with Crippen LogP contribution in [0.25, 0.3) is 0 Å². The Labute approximate surface area is 99.7 Å². The van der Waals surface area contributed by atoms with Crippen LogP contribution in [-0.2, 0) is 9.53 Å². The highest BCUT2D eigenvalue weighted by molar-refractivity contribution is 5.75. The normalized spacial score (nSPS) is 13.5. The number of alkyl halides is 3. The van der Waals surface area contributed by atoms with Crippen LogP contribution in [0, 0.1) is 0 Å². The van der Waals surface area contributed by atoms with E-state index in [1.54, 1.807) is 6.92 Å². The van der Waals surface area contributed by atoms with Gasteiger partial charge < -0.3 is 10.1 Å². The first-order chi connectivity index (χ1) is 7.90. The van der Waals surface area contributed by atoms with E-state index in [-0.39, 0.29) is 25.5 Å². The van der Waals surface area contributed by atoms with Crippen molar-refractivity contribution in [3.05, 3.63) is 0 Å². The lowest BCUT2D eigenvalue weighted by Gasteiger charge is -2.16. The Balaban J connectivity index is 3.89. The summed E-state index contributed by atoms with van der Waals surface area (Å²) in [6.45, 7) is 4.06. The van der Waals surface area contributed by atoms with Gasteiger partial charge in [0.1, 0.15) is 6.04 Å². The van der Waals surface area contributed by atoms with Gasteiger partial charge >= 0.3 is 12.1 Å². The van der Waals surface area contributed by atoms with Gasteiger partial charge in [-0.2, -0.15) is 13.2 Å². The summed E-state index contributed by atoms with van der Waals surface area (Å²) in [4.78, 5) is 11.4. The number of ether oxygens (including phenoxy) is 1. The van der Waals surface area contributed by atoms with Gasteiger partial charge in [0.05, 0.1) is 6.61 Å². The molecule has 1 N–H and O–H groups in total. The number of hydrogen-bond acceptors (Lipinski definition) is 3. The third-order valence-corrected chi connectivity index (χ3v) is 2.18. The van der Waals surface area contributed by atoms with Crippen LogP contribution in [0.1, 0.15) is 39.5 Å². The summed E-state index contributed by atoms with van der Waals surface area (Å²) in [6, 6.07) is -0.492. The fourth-order valence-electron chi connectivity index (χ4n) is 1.40. The molecule has 0 bridgehead atoms. The molecule has 0 fully saturated rings. The Hall–Kier alpha value is -0.780. The van der Waals surface area contributed by atoms with Crippen LogP contribution in [0.15, 0.2) is 0 Å². The summed E-state index contributed by atoms with van der Waals surface area (Å²) in [5.74, 6) is -0.388. The first-order valence-electron chi connectivity index (χ1n) is 5.87. The minimum Gasteiger partial charge on any atom is -0.465 e. The monoisotopic (exact) mass is 255 g/mol. The third-order valence-electron chi connectivity index (χ3n) is 2.18. The van der Waals surface area contributed by atoms with Crippen LogP contribution in [0.5, 0.6) is 0 Å². The second-order valence-corrected chi connectivity index (χ2v) is 3.77. The summed E-state index contributed by atoms with van der Waals surface area (Å²) in [5, 5.41) is 2.80. The third kappa shape index (κ3) is 8.97. The van der Waals surface area contributed by atoms with Crippen molar-refractivity contribution in [1.29, 1.82) is 0 Å². The summed E-state index contributed by atoms with van der Waals surface area (Å²) in [6.07, 6.45) is -3.64. The molecule has 0 aliphatic carbocycles. The molecule has 0 aromatic rings. The first kappa shape index (κ1) is 16.2. The number of nitrogens with one attached hydrogen (secondary N) is 1. The molecule has 0 saturated carbocycles. The van der Waals surface area contributed by atoms with Crippen LogP contribution >= 0.6 is 0 Å².